The van der Waals surface area contributed by atoms with Crippen molar-refractivity contribution in [3.8, 4) is 11.4 Å². The molecule has 1 aromatic heterocycles. The molecule has 7 nitrogen and oxygen atoms in total. The number of benzene rings is 1. The van der Waals surface area contributed by atoms with E-state index in [4.69, 9.17) is 9.53 Å². The highest BCUT2D eigenvalue weighted by atomic mass is 32.2. The van der Waals surface area contributed by atoms with Gasteiger partial charge in [0.25, 0.3) is 0 Å². The minimum Gasteiger partial charge on any atom is -0.463 e. The van der Waals surface area contributed by atoms with Gasteiger partial charge in [-0.2, -0.15) is 0 Å². The molecule has 0 fully saturated rings. The third kappa shape index (κ3) is 5.24. The molecular weight excluding hydrogens is 394 g/mol. The van der Waals surface area contributed by atoms with Gasteiger partial charge in [0.2, 0.25) is 0 Å². The second-order valence-electron chi connectivity index (χ2n) is 8.09. The largest absolute Gasteiger partial charge is 0.463 e. The topological polar surface area (TPSA) is 102 Å². The quantitative estimate of drug-likeness (QED) is 0.696. The minimum absolute atomic E-state index is 0.0848. The van der Waals surface area contributed by atoms with Crippen molar-refractivity contribution in [1.82, 2.24) is 9.97 Å². The number of aromatic nitrogens is 2. The number of rotatable bonds is 5. The summed E-state index contributed by atoms with van der Waals surface area (Å²) in [6, 6.07) is 8.53. The van der Waals surface area contributed by atoms with E-state index in [2.05, 4.69) is 48.2 Å². The predicted molar refractivity (Wildman–Crippen MR) is 112 cm³/mol. The van der Waals surface area contributed by atoms with Crippen LogP contribution in [0.5, 0.6) is 0 Å². The van der Waals surface area contributed by atoms with E-state index in [-0.39, 0.29) is 5.04 Å². The molecule has 1 unspecified atom stereocenters. The molecule has 0 bridgehead atoms. The first-order valence-electron chi connectivity index (χ1n) is 8.84. The van der Waals surface area contributed by atoms with Gasteiger partial charge in [-0.1, -0.05) is 32.9 Å². The van der Waals surface area contributed by atoms with Gasteiger partial charge in [0.15, 0.2) is 14.1 Å². The lowest BCUT2D eigenvalue weighted by Gasteiger charge is -2.36. The summed E-state index contributed by atoms with van der Waals surface area (Å²) in [5.74, 6) is 0.363. The third-order valence-electron chi connectivity index (χ3n) is 4.89. The van der Waals surface area contributed by atoms with Crippen LogP contribution < -0.4 is 0 Å². The Morgan fingerprint density at radius 3 is 2.50 bits per heavy atom. The van der Waals surface area contributed by atoms with Gasteiger partial charge in [0, 0.05) is 18.0 Å². The molecule has 0 aliphatic rings. The van der Waals surface area contributed by atoms with Gasteiger partial charge in [0.05, 0.1) is 26.9 Å². The van der Waals surface area contributed by atoms with Crippen LogP contribution in [0.2, 0.25) is 18.1 Å². The molecule has 28 heavy (non-hydrogen) atoms. The zero-order chi connectivity index (χ0) is 21.2. The third-order valence-corrected chi connectivity index (χ3v) is 11.0. The first-order valence-corrected chi connectivity index (χ1v) is 13.7. The Labute approximate surface area is 167 Å². The number of amides is 1. The van der Waals surface area contributed by atoms with E-state index in [1.807, 2.05) is 0 Å². The van der Waals surface area contributed by atoms with E-state index in [9.17, 15) is 9.00 Å². The molecule has 0 radical (unpaired) electrons. The van der Waals surface area contributed by atoms with Crippen molar-refractivity contribution in [2.45, 2.75) is 50.4 Å². The summed E-state index contributed by atoms with van der Waals surface area (Å²) in [6.07, 6.45) is 1.44. The monoisotopic (exact) mass is 421 g/mol. The summed E-state index contributed by atoms with van der Waals surface area (Å²) in [7, 11) is -5.07. The van der Waals surface area contributed by atoms with Crippen LogP contribution in [0.1, 0.15) is 26.5 Å². The second kappa shape index (κ2) is 8.10. The van der Waals surface area contributed by atoms with E-state index >= 15 is 0 Å². The van der Waals surface area contributed by atoms with Crippen molar-refractivity contribution in [2.24, 2.45) is 4.36 Å². The number of nitrogens with zero attached hydrogens (tertiary/aromatic N) is 3. The van der Waals surface area contributed by atoms with Crippen LogP contribution in [0, 0.1) is 0 Å². The summed E-state index contributed by atoms with van der Waals surface area (Å²) in [4.78, 5) is 20.1. The summed E-state index contributed by atoms with van der Waals surface area (Å²) < 4.78 is 22.4. The fraction of sp³-hybridized carbons (Fsp3) is 0.421. The molecule has 2 aromatic rings. The van der Waals surface area contributed by atoms with Crippen LogP contribution in [0.25, 0.3) is 11.4 Å². The lowest BCUT2D eigenvalue weighted by Crippen LogP contribution is -2.40. The van der Waals surface area contributed by atoms with Crippen LogP contribution in [0.4, 0.5) is 4.79 Å². The van der Waals surface area contributed by atoms with Crippen molar-refractivity contribution in [2.75, 3.05) is 6.26 Å². The highest BCUT2D eigenvalue weighted by Gasteiger charge is 2.37. The van der Waals surface area contributed by atoms with Crippen LogP contribution >= 0.6 is 0 Å². The average Bonchev–Trinajstić information content (AvgIpc) is 2.58. The molecule has 2 rings (SSSR count). The molecule has 0 aliphatic heterocycles. The van der Waals surface area contributed by atoms with E-state index in [1.165, 1.54) is 6.26 Å². The molecule has 1 heterocycles. The van der Waals surface area contributed by atoms with Crippen molar-refractivity contribution in [3.63, 3.8) is 0 Å². The van der Waals surface area contributed by atoms with Gasteiger partial charge >= 0.3 is 6.09 Å². The molecule has 1 atom stereocenters. The van der Waals surface area contributed by atoms with Crippen LogP contribution in [0.15, 0.2) is 45.8 Å². The molecule has 0 spiro atoms. The number of hydrogen-bond acceptors (Lipinski definition) is 5. The fourth-order valence-corrected chi connectivity index (χ4v) is 4.49. The highest BCUT2D eigenvalue weighted by molar-refractivity contribution is 7.93. The fourth-order valence-electron chi connectivity index (χ4n) is 2.26. The predicted octanol–water partition coefficient (Wildman–Crippen LogP) is 4.80. The minimum atomic E-state index is -3.13. The van der Waals surface area contributed by atoms with Crippen LogP contribution in [0.3, 0.4) is 0 Å². The molecule has 9 heteroatoms. The van der Waals surface area contributed by atoms with E-state index in [0.29, 0.717) is 28.6 Å². The Bertz CT molecular complexity index is 993. The molecule has 1 aromatic carbocycles. The lowest BCUT2D eigenvalue weighted by molar-refractivity contribution is 0.206. The van der Waals surface area contributed by atoms with Crippen LogP contribution in [-0.4, -0.2) is 39.9 Å². The molecule has 1 amide bonds. The Hall–Kier alpha value is -2.10. The first kappa shape index (κ1) is 22.2. The van der Waals surface area contributed by atoms with E-state index in [1.54, 1.807) is 36.5 Å². The first-order chi connectivity index (χ1) is 12.8. The normalized spacial score (nSPS) is 14.4. The van der Waals surface area contributed by atoms with Crippen molar-refractivity contribution >= 4 is 24.1 Å². The molecule has 0 saturated heterocycles. The van der Waals surface area contributed by atoms with Gasteiger partial charge < -0.3 is 9.53 Å². The second-order valence-corrected chi connectivity index (χ2v) is 15.1. The summed E-state index contributed by atoms with van der Waals surface area (Å²) in [5, 5.41) is 9.02. The summed E-state index contributed by atoms with van der Waals surface area (Å²) >= 11 is 0. The Kier molecular flexibility index (Phi) is 6.42. The zero-order valence-corrected chi connectivity index (χ0v) is 18.9. The standard InChI is InChI=1S/C19H27N3O4SSi/c1-19(2,3)28(5,6)26-13-14-11-12-20-17(21-14)15-9-7-8-10-16(15)27(4,25)22-18(23)24/h7-12H,13H2,1-6H3,(H,23,24). The van der Waals surface area contributed by atoms with Gasteiger partial charge in [-0.25, -0.2) is 19.0 Å². The maximum atomic E-state index is 12.8. The van der Waals surface area contributed by atoms with Gasteiger partial charge in [-0.15, -0.1) is 4.36 Å². The zero-order valence-electron chi connectivity index (χ0n) is 17.1. The molecule has 1 N–H and O–H groups in total. The van der Waals surface area contributed by atoms with E-state index < -0.39 is 24.1 Å². The molecule has 0 aliphatic carbocycles. The number of carbonyl (C=O) groups is 1. The average molecular weight is 422 g/mol. The Balaban J connectivity index is 2.41. The molecule has 0 saturated carbocycles. The summed E-state index contributed by atoms with van der Waals surface area (Å²) in [6.45, 7) is 11.2. The van der Waals surface area contributed by atoms with Crippen molar-refractivity contribution in [3.05, 3.63) is 42.2 Å². The maximum Gasteiger partial charge on any atom is 0.439 e. The van der Waals surface area contributed by atoms with E-state index in [0.717, 1.165) is 0 Å². The molecular formula is C19H27N3O4SSi. The summed E-state index contributed by atoms with van der Waals surface area (Å²) in [5.41, 5.74) is 1.21. The Morgan fingerprint density at radius 2 is 1.89 bits per heavy atom. The van der Waals surface area contributed by atoms with Gasteiger partial charge in [-0.3, -0.25) is 0 Å². The number of carboxylic acid groups (broad SMARTS) is 1. The number of hydrogen-bond donors (Lipinski definition) is 1. The maximum absolute atomic E-state index is 12.8. The lowest BCUT2D eigenvalue weighted by atomic mass is 10.2. The van der Waals surface area contributed by atoms with Gasteiger partial charge in [-0.05, 0) is 36.3 Å². The highest BCUT2D eigenvalue weighted by Crippen LogP contribution is 2.37. The smallest absolute Gasteiger partial charge is 0.439 e. The Morgan fingerprint density at radius 1 is 1.25 bits per heavy atom. The SMILES string of the molecule is CC(C)(C)[Si](C)(C)OCc1ccnc(-c2ccccc2S(C)(=O)=NC(=O)O)n1. The van der Waals surface area contributed by atoms with Gasteiger partial charge in [0.1, 0.15) is 0 Å². The molecule has 152 valence electrons. The van der Waals surface area contributed by atoms with Crippen LogP contribution in [-0.2, 0) is 20.8 Å². The van der Waals surface area contributed by atoms with Crippen molar-refractivity contribution < 1.29 is 18.5 Å². The van der Waals surface area contributed by atoms with Crippen molar-refractivity contribution in [1.29, 1.82) is 0 Å².